The summed E-state index contributed by atoms with van der Waals surface area (Å²) in [5.74, 6) is 0. The van der Waals surface area contributed by atoms with E-state index in [9.17, 15) is 8.42 Å². The molecule has 0 saturated carbocycles. The maximum absolute atomic E-state index is 12.3. The van der Waals surface area contributed by atoms with Crippen LogP contribution in [0.1, 0.15) is 5.56 Å². The normalized spacial score (nSPS) is 11.3. The Bertz CT molecular complexity index is 862. The third kappa shape index (κ3) is 3.83. The van der Waals surface area contributed by atoms with Crippen molar-refractivity contribution in [3.8, 4) is 11.1 Å². The summed E-state index contributed by atoms with van der Waals surface area (Å²) in [6, 6.07) is 20.3. The zero-order valence-electron chi connectivity index (χ0n) is 12.4. The van der Waals surface area contributed by atoms with Gasteiger partial charge in [-0.15, -0.1) is 0 Å². The van der Waals surface area contributed by atoms with Gasteiger partial charge in [0.2, 0.25) is 10.0 Å². The fourth-order valence-electron chi connectivity index (χ4n) is 2.22. The average Bonchev–Trinajstić information content (AvgIpc) is 2.62. The van der Waals surface area contributed by atoms with E-state index >= 15 is 0 Å². The lowest BCUT2D eigenvalue weighted by atomic mass is 10.1. The minimum atomic E-state index is -3.54. The van der Waals surface area contributed by atoms with E-state index in [1.165, 1.54) is 0 Å². The summed E-state index contributed by atoms with van der Waals surface area (Å²) < 4.78 is 27.2. The van der Waals surface area contributed by atoms with Gasteiger partial charge in [-0.25, -0.2) is 13.1 Å². The van der Waals surface area contributed by atoms with Crippen LogP contribution in [-0.4, -0.2) is 13.4 Å². The highest BCUT2D eigenvalue weighted by Gasteiger charge is 2.13. The molecule has 0 amide bonds. The summed E-state index contributed by atoms with van der Waals surface area (Å²) >= 11 is 0. The summed E-state index contributed by atoms with van der Waals surface area (Å²) in [6.07, 6.45) is 3.29. The van der Waals surface area contributed by atoms with Crippen molar-refractivity contribution in [2.75, 3.05) is 0 Å². The van der Waals surface area contributed by atoms with Crippen LogP contribution in [0, 0.1) is 0 Å². The molecule has 0 aliphatic rings. The number of hydrogen-bond donors (Lipinski definition) is 1. The van der Waals surface area contributed by atoms with Crippen LogP contribution in [0.3, 0.4) is 0 Å². The highest BCUT2D eigenvalue weighted by Crippen LogP contribution is 2.21. The van der Waals surface area contributed by atoms with E-state index in [0.29, 0.717) is 0 Å². The predicted molar refractivity (Wildman–Crippen MR) is 90.1 cm³/mol. The van der Waals surface area contributed by atoms with E-state index in [4.69, 9.17) is 0 Å². The van der Waals surface area contributed by atoms with Crippen LogP contribution in [0.15, 0.2) is 84.0 Å². The second-order valence-corrected chi connectivity index (χ2v) is 6.84. The first-order valence-electron chi connectivity index (χ1n) is 7.19. The molecule has 1 aromatic heterocycles. The molecule has 0 spiro atoms. The fourth-order valence-corrected chi connectivity index (χ4v) is 3.24. The van der Waals surface area contributed by atoms with Crippen LogP contribution in [-0.2, 0) is 16.6 Å². The van der Waals surface area contributed by atoms with E-state index < -0.39 is 10.0 Å². The Hall–Kier alpha value is -2.50. The summed E-state index contributed by atoms with van der Waals surface area (Å²) in [6.45, 7) is 0.219. The number of benzene rings is 2. The molecule has 1 N–H and O–H groups in total. The van der Waals surface area contributed by atoms with Crippen LogP contribution in [0.25, 0.3) is 11.1 Å². The maximum Gasteiger partial charge on any atom is 0.240 e. The summed E-state index contributed by atoms with van der Waals surface area (Å²) in [5, 5.41) is 0. The standard InChI is InChI=1S/C18H16N2O2S/c21-23(22,20-14-15-5-4-12-19-13-15)18-10-8-17(9-11-18)16-6-2-1-3-7-16/h1-13,20H,14H2. The number of aromatic nitrogens is 1. The van der Waals surface area contributed by atoms with Gasteiger partial charge in [0.1, 0.15) is 0 Å². The Morgan fingerprint density at radius 2 is 1.52 bits per heavy atom. The lowest BCUT2D eigenvalue weighted by molar-refractivity contribution is 0.581. The molecule has 2 aromatic carbocycles. The molecular formula is C18H16N2O2S. The van der Waals surface area contributed by atoms with E-state index in [1.807, 2.05) is 48.5 Å². The van der Waals surface area contributed by atoms with Gasteiger partial charge in [0.15, 0.2) is 0 Å². The Kier molecular flexibility index (Phi) is 4.50. The monoisotopic (exact) mass is 324 g/mol. The molecule has 0 unspecified atom stereocenters. The van der Waals surface area contributed by atoms with Crippen molar-refractivity contribution in [2.24, 2.45) is 0 Å². The van der Waals surface area contributed by atoms with Crippen molar-refractivity contribution in [1.82, 2.24) is 9.71 Å². The van der Waals surface area contributed by atoms with Gasteiger partial charge in [-0.05, 0) is 34.9 Å². The largest absolute Gasteiger partial charge is 0.264 e. The molecule has 0 fully saturated rings. The van der Waals surface area contributed by atoms with Gasteiger partial charge in [0.05, 0.1) is 4.90 Å². The van der Waals surface area contributed by atoms with Gasteiger partial charge in [0, 0.05) is 18.9 Å². The van der Waals surface area contributed by atoms with E-state index in [2.05, 4.69) is 9.71 Å². The van der Waals surface area contributed by atoms with Crippen molar-refractivity contribution in [3.05, 3.63) is 84.7 Å². The smallest absolute Gasteiger partial charge is 0.240 e. The predicted octanol–water partition coefficient (Wildman–Crippen LogP) is 3.23. The van der Waals surface area contributed by atoms with Crippen LogP contribution in [0.4, 0.5) is 0 Å². The molecule has 0 radical (unpaired) electrons. The summed E-state index contributed by atoms with van der Waals surface area (Å²) in [4.78, 5) is 4.22. The zero-order chi connectivity index (χ0) is 16.1. The van der Waals surface area contributed by atoms with Crippen LogP contribution in [0.2, 0.25) is 0 Å². The minimum absolute atomic E-state index is 0.219. The molecular weight excluding hydrogens is 308 g/mol. The first kappa shape index (κ1) is 15.4. The third-order valence-electron chi connectivity index (χ3n) is 3.46. The quantitative estimate of drug-likeness (QED) is 0.784. The van der Waals surface area contributed by atoms with Crippen LogP contribution in [0.5, 0.6) is 0 Å². The Labute approximate surface area is 135 Å². The van der Waals surface area contributed by atoms with Gasteiger partial charge in [-0.2, -0.15) is 0 Å². The molecule has 3 aromatic rings. The van der Waals surface area contributed by atoms with Gasteiger partial charge in [-0.3, -0.25) is 4.98 Å². The zero-order valence-corrected chi connectivity index (χ0v) is 13.2. The molecule has 5 heteroatoms. The highest BCUT2D eigenvalue weighted by molar-refractivity contribution is 7.89. The number of nitrogens with zero attached hydrogens (tertiary/aromatic N) is 1. The van der Waals surface area contributed by atoms with E-state index in [1.54, 1.807) is 30.6 Å². The fraction of sp³-hybridized carbons (Fsp3) is 0.0556. The molecule has 0 saturated heterocycles. The van der Waals surface area contributed by atoms with Crippen molar-refractivity contribution in [3.63, 3.8) is 0 Å². The SMILES string of the molecule is O=S(=O)(NCc1cccnc1)c1ccc(-c2ccccc2)cc1. The van der Waals surface area contributed by atoms with Gasteiger partial charge in [0.25, 0.3) is 0 Å². The van der Waals surface area contributed by atoms with Crippen molar-refractivity contribution in [2.45, 2.75) is 11.4 Å². The lowest BCUT2D eigenvalue weighted by Crippen LogP contribution is -2.23. The van der Waals surface area contributed by atoms with Crippen LogP contribution < -0.4 is 4.72 Å². The van der Waals surface area contributed by atoms with Gasteiger partial charge < -0.3 is 0 Å². The molecule has 4 nitrogen and oxygen atoms in total. The van der Waals surface area contributed by atoms with E-state index in [0.717, 1.165) is 16.7 Å². The molecule has 0 bridgehead atoms. The Balaban J connectivity index is 1.75. The molecule has 0 aliphatic carbocycles. The first-order valence-corrected chi connectivity index (χ1v) is 8.67. The second kappa shape index (κ2) is 6.73. The van der Waals surface area contributed by atoms with Crippen molar-refractivity contribution < 1.29 is 8.42 Å². The minimum Gasteiger partial charge on any atom is -0.264 e. The number of nitrogens with one attached hydrogen (secondary N) is 1. The van der Waals surface area contributed by atoms with Crippen molar-refractivity contribution >= 4 is 10.0 Å². The molecule has 0 atom stereocenters. The third-order valence-corrected chi connectivity index (χ3v) is 4.88. The number of rotatable bonds is 5. The highest BCUT2D eigenvalue weighted by atomic mass is 32.2. The van der Waals surface area contributed by atoms with E-state index in [-0.39, 0.29) is 11.4 Å². The molecule has 116 valence electrons. The Morgan fingerprint density at radius 1 is 0.826 bits per heavy atom. The molecule has 1 heterocycles. The Morgan fingerprint density at radius 3 is 2.17 bits per heavy atom. The molecule has 23 heavy (non-hydrogen) atoms. The number of sulfonamides is 1. The topological polar surface area (TPSA) is 59.1 Å². The summed E-state index contributed by atoms with van der Waals surface area (Å²) in [7, 11) is -3.54. The second-order valence-electron chi connectivity index (χ2n) is 5.08. The first-order chi connectivity index (χ1) is 11.1. The lowest BCUT2D eigenvalue weighted by Gasteiger charge is -2.08. The van der Waals surface area contributed by atoms with Gasteiger partial charge >= 0.3 is 0 Å². The van der Waals surface area contributed by atoms with Gasteiger partial charge in [-0.1, -0.05) is 48.5 Å². The molecule has 3 rings (SSSR count). The van der Waals surface area contributed by atoms with Crippen molar-refractivity contribution in [1.29, 1.82) is 0 Å². The summed E-state index contributed by atoms with van der Waals surface area (Å²) in [5.41, 5.74) is 2.86. The van der Waals surface area contributed by atoms with Crippen LogP contribution >= 0.6 is 0 Å². The maximum atomic E-state index is 12.3. The number of pyridine rings is 1. The molecule has 0 aliphatic heterocycles. The number of hydrogen-bond acceptors (Lipinski definition) is 3. The average molecular weight is 324 g/mol.